The van der Waals surface area contributed by atoms with Crippen LogP contribution < -0.4 is 15.0 Å². The number of nitrogens with one attached hydrogen (secondary N) is 1. The van der Waals surface area contributed by atoms with Gasteiger partial charge in [0.1, 0.15) is 5.75 Å². The smallest absolute Gasteiger partial charge is 0.254 e. The van der Waals surface area contributed by atoms with Crippen molar-refractivity contribution in [3.8, 4) is 5.75 Å². The number of carbonyl (C=O) groups is 1. The summed E-state index contributed by atoms with van der Waals surface area (Å²) in [5, 5.41) is 2.89. The Balaban J connectivity index is 1.54. The molecule has 0 saturated heterocycles. The minimum Gasteiger partial charge on any atom is -0.497 e. The highest BCUT2D eigenvalue weighted by Gasteiger charge is 2.10. The third-order valence-electron chi connectivity index (χ3n) is 4.20. The average Bonchev–Trinajstić information content (AvgIpc) is 2.74. The van der Waals surface area contributed by atoms with Gasteiger partial charge in [0.15, 0.2) is 0 Å². The Morgan fingerprint density at radius 3 is 2.33 bits per heavy atom. The summed E-state index contributed by atoms with van der Waals surface area (Å²) in [5.41, 5.74) is 2.55. The first-order chi connectivity index (χ1) is 13.2. The molecule has 27 heavy (non-hydrogen) atoms. The van der Waals surface area contributed by atoms with Gasteiger partial charge in [0, 0.05) is 31.7 Å². The summed E-state index contributed by atoms with van der Waals surface area (Å²) in [6.45, 7) is 0.539. The number of carbonyl (C=O) groups excluding carboxylic acids is 1. The van der Waals surface area contributed by atoms with E-state index in [4.69, 9.17) is 4.74 Å². The Morgan fingerprint density at radius 2 is 1.70 bits per heavy atom. The maximum Gasteiger partial charge on any atom is 0.254 e. The lowest BCUT2D eigenvalue weighted by Crippen LogP contribution is -2.26. The molecule has 0 bridgehead atoms. The summed E-state index contributed by atoms with van der Waals surface area (Å²) >= 11 is 0. The molecule has 6 heteroatoms. The molecule has 0 fully saturated rings. The van der Waals surface area contributed by atoms with Gasteiger partial charge in [-0.2, -0.15) is 0 Å². The highest BCUT2D eigenvalue weighted by molar-refractivity contribution is 5.93. The van der Waals surface area contributed by atoms with Crippen LogP contribution in [0.25, 0.3) is 0 Å². The van der Waals surface area contributed by atoms with Gasteiger partial charge in [0.2, 0.25) is 5.95 Å². The summed E-state index contributed by atoms with van der Waals surface area (Å²) in [6.07, 6.45) is 3.83. The number of nitrogens with zero attached hydrogens (tertiary/aromatic N) is 3. The highest BCUT2D eigenvalue weighted by atomic mass is 16.5. The summed E-state index contributed by atoms with van der Waals surface area (Å²) in [6, 6.07) is 17.6. The molecule has 0 radical (unpaired) electrons. The predicted molar refractivity (Wildman–Crippen MR) is 106 cm³/mol. The standard InChI is InChI=1S/C21H22N4O2/c1-25(18-6-4-3-5-7-18)21-23-14-17(15-24-21)20(26)22-13-12-16-8-10-19(27-2)11-9-16/h3-11,14-15H,12-13H2,1-2H3,(H,22,26). The number of hydrogen-bond donors (Lipinski definition) is 1. The molecule has 1 heterocycles. The van der Waals surface area contributed by atoms with Crippen molar-refractivity contribution >= 4 is 17.5 Å². The van der Waals surface area contributed by atoms with E-state index in [1.54, 1.807) is 19.5 Å². The van der Waals surface area contributed by atoms with E-state index in [0.717, 1.165) is 23.4 Å². The van der Waals surface area contributed by atoms with Crippen molar-refractivity contribution in [1.29, 1.82) is 0 Å². The van der Waals surface area contributed by atoms with Crippen LogP contribution in [0.4, 0.5) is 11.6 Å². The normalized spacial score (nSPS) is 10.3. The molecule has 0 atom stereocenters. The highest BCUT2D eigenvalue weighted by Crippen LogP contribution is 2.18. The fourth-order valence-electron chi connectivity index (χ4n) is 2.59. The molecule has 0 unspecified atom stereocenters. The Labute approximate surface area is 158 Å². The minimum absolute atomic E-state index is 0.183. The van der Waals surface area contributed by atoms with E-state index in [2.05, 4.69) is 15.3 Å². The van der Waals surface area contributed by atoms with Crippen LogP contribution >= 0.6 is 0 Å². The number of anilines is 2. The Hall–Kier alpha value is -3.41. The lowest BCUT2D eigenvalue weighted by molar-refractivity contribution is 0.0953. The van der Waals surface area contributed by atoms with Crippen molar-refractivity contribution in [3.05, 3.63) is 78.1 Å². The molecule has 3 aromatic rings. The average molecular weight is 362 g/mol. The first-order valence-electron chi connectivity index (χ1n) is 8.69. The summed E-state index contributed by atoms with van der Waals surface area (Å²) in [7, 11) is 3.53. The maximum absolute atomic E-state index is 12.3. The Bertz CT molecular complexity index is 865. The SMILES string of the molecule is COc1ccc(CCNC(=O)c2cnc(N(C)c3ccccc3)nc2)cc1. The van der Waals surface area contributed by atoms with Gasteiger partial charge in [-0.05, 0) is 36.2 Å². The number of aromatic nitrogens is 2. The quantitative estimate of drug-likeness (QED) is 0.699. The lowest BCUT2D eigenvalue weighted by Gasteiger charge is -2.16. The second-order valence-electron chi connectivity index (χ2n) is 6.02. The number of benzene rings is 2. The number of rotatable bonds is 7. The van der Waals surface area contributed by atoms with Gasteiger partial charge in [-0.25, -0.2) is 9.97 Å². The second-order valence-corrected chi connectivity index (χ2v) is 6.02. The van der Waals surface area contributed by atoms with Crippen molar-refractivity contribution in [2.45, 2.75) is 6.42 Å². The van der Waals surface area contributed by atoms with Gasteiger partial charge in [-0.1, -0.05) is 30.3 Å². The molecule has 1 aromatic heterocycles. The molecule has 0 aliphatic heterocycles. The molecule has 0 aliphatic carbocycles. The van der Waals surface area contributed by atoms with Crippen LogP contribution in [0.5, 0.6) is 5.75 Å². The number of amides is 1. The molecule has 0 aliphatic rings. The van der Waals surface area contributed by atoms with Crippen molar-refractivity contribution in [3.63, 3.8) is 0 Å². The second kappa shape index (κ2) is 8.80. The molecule has 0 spiro atoms. The Morgan fingerprint density at radius 1 is 1.04 bits per heavy atom. The topological polar surface area (TPSA) is 67.3 Å². The first kappa shape index (κ1) is 18.4. The number of hydrogen-bond acceptors (Lipinski definition) is 5. The fourth-order valence-corrected chi connectivity index (χ4v) is 2.59. The number of methoxy groups -OCH3 is 1. The summed E-state index contributed by atoms with van der Waals surface area (Å²) < 4.78 is 5.14. The molecule has 3 rings (SSSR count). The van der Waals surface area contributed by atoms with Crippen molar-refractivity contribution in [2.24, 2.45) is 0 Å². The van der Waals surface area contributed by atoms with Crippen LogP contribution in [0.2, 0.25) is 0 Å². The van der Waals surface area contributed by atoms with E-state index in [1.807, 2.05) is 66.5 Å². The third-order valence-corrected chi connectivity index (χ3v) is 4.20. The monoisotopic (exact) mass is 362 g/mol. The predicted octanol–water partition coefficient (Wildman–Crippen LogP) is 3.23. The molecule has 2 aromatic carbocycles. The minimum atomic E-state index is -0.183. The Kier molecular flexibility index (Phi) is 5.99. The van der Waals surface area contributed by atoms with E-state index in [-0.39, 0.29) is 5.91 Å². The van der Waals surface area contributed by atoms with E-state index >= 15 is 0 Å². The van der Waals surface area contributed by atoms with Crippen LogP contribution in [-0.4, -0.2) is 36.6 Å². The molecule has 6 nitrogen and oxygen atoms in total. The summed E-state index contributed by atoms with van der Waals surface area (Å²) in [4.78, 5) is 22.7. The number of ether oxygens (including phenoxy) is 1. The molecular weight excluding hydrogens is 340 g/mol. The van der Waals surface area contributed by atoms with Gasteiger partial charge in [-0.15, -0.1) is 0 Å². The van der Waals surface area contributed by atoms with Gasteiger partial charge < -0.3 is 15.0 Å². The molecular formula is C21H22N4O2. The van der Waals surface area contributed by atoms with Crippen molar-refractivity contribution < 1.29 is 9.53 Å². The van der Waals surface area contributed by atoms with Crippen LogP contribution in [0.3, 0.4) is 0 Å². The third kappa shape index (κ3) is 4.82. The zero-order chi connectivity index (χ0) is 19.1. The maximum atomic E-state index is 12.3. The van der Waals surface area contributed by atoms with E-state index < -0.39 is 0 Å². The van der Waals surface area contributed by atoms with Crippen LogP contribution in [-0.2, 0) is 6.42 Å². The van der Waals surface area contributed by atoms with E-state index in [1.165, 1.54) is 0 Å². The molecule has 1 amide bonds. The van der Waals surface area contributed by atoms with Crippen LogP contribution in [0.1, 0.15) is 15.9 Å². The van der Waals surface area contributed by atoms with E-state index in [9.17, 15) is 4.79 Å². The zero-order valence-electron chi connectivity index (χ0n) is 15.4. The molecule has 138 valence electrons. The van der Waals surface area contributed by atoms with Gasteiger partial charge >= 0.3 is 0 Å². The number of para-hydroxylation sites is 1. The van der Waals surface area contributed by atoms with Crippen LogP contribution in [0.15, 0.2) is 67.0 Å². The largest absolute Gasteiger partial charge is 0.497 e. The van der Waals surface area contributed by atoms with Gasteiger partial charge in [0.05, 0.1) is 12.7 Å². The van der Waals surface area contributed by atoms with Gasteiger partial charge in [0.25, 0.3) is 5.91 Å². The lowest BCUT2D eigenvalue weighted by atomic mass is 10.1. The van der Waals surface area contributed by atoms with Gasteiger partial charge in [-0.3, -0.25) is 4.79 Å². The molecule has 0 saturated carbocycles. The zero-order valence-corrected chi connectivity index (χ0v) is 15.4. The van der Waals surface area contributed by atoms with Crippen molar-refractivity contribution in [1.82, 2.24) is 15.3 Å². The van der Waals surface area contributed by atoms with Crippen molar-refractivity contribution in [2.75, 3.05) is 25.6 Å². The first-order valence-corrected chi connectivity index (χ1v) is 8.69. The van der Waals surface area contributed by atoms with E-state index in [0.29, 0.717) is 18.1 Å². The van der Waals surface area contributed by atoms with Crippen LogP contribution in [0, 0.1) is 0 Å². The summed E-state index contributed by atoms with van der Waals surface area (Å²) in [5.74, 6) is 1.17. The fraction of sp³-hybridized carbons (Fsp3) is 0.190. The molecule has 1 N–H and O–H groups in total.